The Morgan fingerprint density at radius 3 is 2.42 bits per heavy atom. The molecule has 1 unspecified atom stereocenters. The zero-order chi connectivity index (χ0) is 23.8. The van der Waals surface area contributed by atoms with E-state index in [1.807, 2.05) is 35.0 Å². The fourth-order valence-electron chi connectivity index (χ4n) is 4.24. The molecule has 2 aromatic heterocycles. The molecule has 2 aromatic carbocycles. The summed E-state index contributed by atoms with van der Waals surface area (Å²) in [4.78, 5) is 18.8. The Labute approximate surface area is 194 Å². The number of hydrogen-bond donors (Lipinski definition) is 1. The van der Waals surface area contributed by atoms with Crippen LogP contribution in [0.4, 0.5) is 0 Å². The molecular weight excluding hydrogens is 412 g/mol. The minimum Gasteiger partial charge on any atom is -0.322 e. The first-order valence-electron chi connectivity index (χ1n) is 11.4. The van der Waals surface area contributed by atoms with Crippen molar-refractivity contribution in [2.24, 2.45) is 0 Å². The lowest BCUT2D eigenvalue weighted by Gasteiger charge is -2.32. The Kier molecular flexibility index (Phi) is 6.17. The largest absolute Gasteiger partial charge is 0.322 e. The SMILES string of the molecule is CCN(Cc1ccccc1)C(c1cc2cc(C)c(C)cc2[nH]c1=O)c1nnnn1C(C)(C)C. The van der Waals surface area contributed by atoms with Crippen LogP contribution in [-0.4, -0.2) is 36.6 Å². The van der Waals surface area contributed by atoms with Gasteiger partial charge in [0.2, 0.25) is 0 Å². The smallest absolute Gasteiger partial charge is 0.253 e. The van der Waals surface area contributed by atoms with Crippen LogP contribution in [0.3, 0.4) is 0 Å². The quantitative estimate of drug-likeness (QED) is 0.474. The number of aromatic nitrogens is 5. The molecule has 0 radical (unpaired) electrons. The number of tetrazole rings is 1. The highest BCUT2D eigenvalue weighted by molar-refractivity contribution is 5.81. The Hall–Kier alpha value is -3.32. The van der Waals surface area contributed by atoms with Gasteiger partial charge in [-0.3, -0.25) is 9.69 Å². The number of benzene rings is 2. The van der Waals surface area contributed by atoms with Gasteiger partial charge in [-0.15, -0.1) is 5.10 Å². The van der Waals surface area contributed by atoms with E-state index in [-0.39, 0.29) is 11.1 Å². The molecule has 0 aliphatic heterocycles. The molecule has 0 spiro atoms. The molecule has 4 aromatic rings. The van der Waals surface area contributed by atoms with Crippen LogP contribution in [0.5, 0.6) is 0 Å². The zero-order valence-electron chi connectivity index (χ0n) is 20.3. The predicted molar refractivity (Wildman–Crippen MR) is 131 cm³/mol. The summed E-state index contributed by atoms with van der Waals surface area (Å²) >= 11 is 0. The zero-order valence-corrected chi connectivity index (χ0v) is 20.3. The maximum atomic E-state index is 13.4. The van der Waals surface area contributed by atoms with E-state index in [0.29, 0.717) is 17.9 Å². The van der Waals surface area contributed by atoms with Gasteiger partial charge in [-0.25, -0.2) is 4.68 Å². The molecule has 0 saturated carbocycles. The van der Waals surface area contributed by atoms with Crippen molar-refractivity contribution in [2.45, 2.75) is 59.7 Å². The average molecular weight is 445 g/mol. The first-order valence-corrected chi connectivity index (χ1v) is 11.4. The van der Waals surface area contributed by atoms with Gasteiger partial charge < -0.3 is 4.98 Å². The van der Waals surface area contributed by atoms with E-state index in [9.17, 15) is 4.79 Å². The molecule has 1 atom stereocenters. The molecular formula is C26H32N6O. The minimum absolute atomic E-state index is 0.120. The number of H-pyrrole nitrogens is 1. The summed E-state index contributed by atoms with van der Waals surface area (Å²) in [6.45, 7) is 13.8. The first kappa shape index (κ1) is 22.9. The molecule has 7 nitrogen and oxygen atoms in total. The standard InChI is InChI=1S/C26H32N6O/c1-7-31(16-19-11-9-8-10-12-19)23(24-28-29-30-32(24)26(4,5)6)21-15-20-13-17(2)18(3)14-22(20)27-25(21)33/h8-15,23H,7,16H2,1-6H3,(H,27,33). The van der Waals surface area contributed by atoms with Crippen LogP contribution in [-0.2, 0) is 12.1 Å². The van der Waals surface area contributed by atoms with E-state index < -0.39 is 6.04 Å². The molecule has 1 N–H and O–H groups in total. The van der Waals surface area contributed by atoms with E-state index in [4.69, 9.17) is 0 Å². The van der Waals surface area contributed by atoms with Gasteiger partial charge in [0, 0.05) is 17.6 Å². The molecule has 0 aliphatic carbocycles. The van der Waals surface area contributed by atoms with Crippen LogP contribution in [0.15, 0.2) is 53.3 Å². The second-order valence-corrected chi connectivity index (χ2v) is 9.65. The van der Waals surface area contributed by atoms with Crippen molar-refractivity contribution in [1.82, 2.24) is 30.1 Å². The highest BCUT2D eigenvalue weighted by Crippen LogP contribution is 2.30. The highest BCUT2D eigenvalue weighted by Gasteiger charge is 2.32. The Morgan fingerprint density at radius 1 is 1.06 bits per heavy atom. The monoisotopic (exact) mass is 444 g/mol. The van der Waals surface area contributed by atoms with E-state index in [1.165, 1.54) is 11.1 Å². The van der Waals surface area contributed by atoms with Crippen molar-refractivity contribution in [3.05, 3.63) is 87.0 Å². The lowest BCUT2D eigenvalue weighted by molar-refractivity contribution is 0.202. The third-order valence-corrected chi connectivity index (χ3v) is 6.16. The number of aromatic amines is 1. The summed E-state index contributed by atoms with van der Waals surface area (Å²) in [7, 11) is 0. The first-order chi connectivity index (χ1) is 15.7. The molecule has 0 fully saturated rings. The molecule has 7 heteroatoms. The molecule has 0 amide bonds. The van der Waals surface area contributed by atoms with Crippen LogP contribution < -0.4 is 5.56 Å². The van der Waals surface area contributed by atoms with Crippen molar-refractivity contribution in [2.75, 3.05) is 6.54 Å². The van der Waals surface area contributed by atoms with Gasteiger partial charge in [-0.05, 0) is 91.9 Å². The second-order valence-electron chi connectivity index (χ2n) is 9.65. The summed E-state index contributed by atoms with van der Waals surface area (Å²) in [6.07, 6.45) is 0. The minimum atomic E-state index is -0.404. The third kappa shape index (κ3) is 4.59. The molecule has 0 saturated heterocycles. The van der Waals surface area contributed by atoms with Crippen LogP contribution >= 0.6 is 0 Å². The van der Waals surface area contributed by atoms with Crippen molar-refractivity contribution in [3.63, 3.8) is 0 Å². The number of fused-ring (bicyclic) bond motifs is 1. The van der Waals surface area contributed by atoms with Crippen LogP contribution in [0, 0.1) is 13.8 Å². The lowest BCUT2D eigenvalue weighted by Crippen LogP contribution is -2.37. The highest BCUT2D eigenvalue weighted by atomic mass is 16.1. The molecule has 0 bridgehead atoms. The Morgan fingerprint density at radius 2 is 1.76 bits per heavy atom. The summed E-state index contributed by atoms with van der Waals surface area (Å²) in [6, 6.07) is 16.0. The lowest BCUT2D eigenvalue weighted by atomic mass is 9.99. The van der Waals surface area contributed by atoms with Crippen LogP contribution in [0.2, 0.25) is 0 Å². The average Bonchev–Trinajstić information content (AvgIpc) is 3.26. The van der Waals surface area contributed by atoms with Gasteiger partial charge in [0.05, 0.1) is 5.54 Å². The van der Waals surface area contributed by atoms with Gasteiger partial charge in [-0.1, -0.05) is 37.3 Å². The van der Waals surface area contributed by atoms with E-state index in [1.54, 1.807) is 0 Å². The molecule has 0 aliphatic rings. The fraction of sp³-hybridized carbons (Fsp3) is 0.385. The van der Waals surface area contributed by atoms with E-state index in [0.717, 1.165) is 23.0 Å². The number of nitrogens with one attached hydrogen (secondary N) is 1. The molecule has 4 rings (SSSR count). The van der Waals surface area contributed by atoms with Crippen LogP contribution in [0.1, 0.15) is 61.8 Å². The topological polar surface area (TPSA) is 79.7 Å². The van der Waals surface area contributed by atoms with Crippen molar-refractivity contribution >= 4 is 10.9 Å². The third-order valence-electron chi connectivity index (χ3n) is 6.16. The summed E-state index contributed by atoms with van der Waals surface area (Å²) in [5, 5.41) is 13.7. The number of aryl methyl sites for hydroxylation is 2. The number of hydrogen-bond acceptors (Lipinski definition) is 5. The molecule has 172 valence electrons. The Bertz CT molecular complexity index is 1320. The van der Waals surface area contributed by atoms with Gasteiger partial charge in [0.1, 0.15) is 6.04 Å². The predicted octanol–water partition coefficient (Wildman–Crippen LogP) is 4.50. The number of pyridine rings is 1. The fourth-order valence-corrected chi connectivity index (χ4v) is 4.24. The van der Waals surface area contributed by atoms with E-state index in [2.05, 4.69) is 85.2 Å². The van der Waals surface area contributed by atoms with Crippen molar-refractivity contribution < 1.29 is 0 Å². The van der Waals surface area contributed by atoms with Gasteiger partial charge >= 0.3 is 0 Å². The van der Waals surface area contributed by atoms with Gasteiger partial charge in [0.25, 0.3) is 5.56 Å². The second kappa shape index (κ2) is 8.90. The normalized spacial score (nSPS) is 13.1. The van der Waals surface area contributed by atoms with Gasteiger partial charge in [0.15, 0.2) is 5.82 Å². The summed E-state index contributed by atoms with van der Waals surface area (Å²) in [5.41, 5.74) is 4.54. The van der Waals surface area contributed by atoms with Crippen LogP contribution in [0.25, 0.3) is 10.9 Å². The Balaban J connectivity index is 1.93. The summed E-state index contributed by atoms with van der Waals surface area (Å²) in [5.74, 6) is 0.661. The molecule has 2 heterocycles. The summed E-state index contributed by atoms with van der Waals surface area (Å²) < 4.78 is 1.83. The van der Waals surface area contributed by atoms with E-state index >= 15 is 0 Å². The number of rotatable bonds is 6. The van der Waals surface area contributed by atoms with Crippen molar-refractivity contribution in [3.8, 4) is 0 Å². The number of nitrogens with zero attached hydrogens (tertiary/aromatic N) is 5. The van der Waals surface area contributed by atoms with Gasteiger partial charge in [-0.2, -0.15) is 0 Å². The maximum Gasteiger partial charge on any atom is 0.253 e. The molecule has 33 heavy (non-hydrogen) atoms. The maximum absolute atomic E-state index is 13.4. The van der Waals surface area contributed by atoms with Crippen molar-refractivity contribution in [1.29, 1.82) is 0 Å².